The molecule has 0 radical (unpaired) electrons. The van der Waals surface area contributed by atoms with Crippen molar-refractivity contribution in [1.29, 1.82) is 0 Å². The summed E-state index contributed by atoms with van der Waals surface area (Å²) in [7, 11) is 0. The monoisotopic (exact) mass is 277 g/mol. The zero-order valence-electron chi connectivity index (χ0n) is 10.0. The van der Waals surface area contributed by atoms with Gasteiger partial charge in [-0.05, 0) is 23.7 Å². The highest BCUT2D eigenvalue weighted by atomic mass is 35.5. The van der Waals surface area contributed by atoms with Gasteiger partial charge in [0.15, 0.2) is 11.6 Å². The van der Waals surface area contributed by atoms with Gasteiger partial charge in [-0.2, -0.15) is 4.98 Å². The maximum Gasteiger partial charge on any atom is 0.224 e. The predicted molar refractivity (Wildman–Crippen MR) is 71.9 cm³/mol. The Morgan fingerprint density at radius 1 is 1.37 bits per heavy atom. The Hall–Kier alpha value is -2.01. The van der Waals surface area contributed by atoms with Crippen molar-refractivity contribution in [2.45, 2.75) is 6.04 Å². The van der Waals surface area contributed by atoms with E-state index in [9.17, 15) is 0 Å². The topological polar surface area (TPSA) is 56.3 Å². The highest BCUT2D eigenvalue weighted by Gasteiger charge is 2.21. The van der Waals surface area contributed by atoms with E-state index in [1.165, 1.54) is 0 Å². The highest BCUT2D eigenvalue weighted by Crippen LogP contribution is 2.26. The van der Waals surface area contributed by atoms with Gasteiger partial charge in [-0.25, -0.2) is 4.98 Å². The third-order valence-corrected chi connectivity index (χ3v) is 2.88. The summed E-state index contributed by atoms with van der Waals surface area (Å²) in [6.07, 6.45) is 1.56. The number of nitrogens with zero attached hydrogens (tertiary/aromatic N) is 2. The number of rotatable bonds is 3. The zero-order valence-corrected chi connectivity index (χ0v) is 10.8. The van der Waals surface area contributed by atoms with Crippen LogP contribution in [0.5, 0.6) is 11.5 Å². The largest absolute Gasteiger partial charge is 0.491 e. The first-order chi connectivity index (χ1) is 9.31. The summed E-state index contributed by atoms with van der Waals surface area (Å²) in [6.45, 7) is 0.996. The fourth-order valence-corrected chi connectivity index (χ4v) is 1.92. The van der Waals surface area contributed by atoms with E-state index >= 15 is 0 Å². The molecular weight excluding hydrogens is 266 g/mol. The molecule has 0 bridgehead atoms. The molecule has 2 heterocycles. The minimum Gasteiger partial charge on any atom is -0.491 e. The van der Waals surface area contributed by atoms with Crippen LogP contribution in [0.25, 0.3) is 0 Å². The molecule has 0 fully saturated rings. The van der Waals surface area contributed by atoms with E-state index in [-0.39, 0.29) is 11.3 Å². The van der Waals surface area contributed by atoms with Crippen LogP contribution in [0.3, 0.4) is 0 Å². The Morgan fingerprint density at radius 3 is 3.05 bits per heavy atom. The fraction of sp³-hybridized carbons (Fsp3) is 0.231. The number of hydrogen-bond donors (Lipinski definition) is 1. The van der Waals surface area contributed by atoms with Crippen molar-refractivity contribution in [3.8, 4) is 11.5 Å². The fourth-order valence-electron chi connectivity index (χ4n) is 1.79. The van der Waals surface area contributed by atoms with Gasteiger partial charge >= 0.3 is 0 Å². The van der Waals surface area contributed by atoms with E-state index < -0.39 is 0 Å². The van der Waals surface area contributed by atoms with E-state index in [1.54, 1.807) is 6.20 Å². The lowest BCUT2D eigenvalue weighted by molar-refractivity contribution is 0.219. The first-order valence-electron chi connectivity index (χ1n) is 5.91. The van der Waals surface area contributed by atoms with Crippen LogP contribution >= 0.6 is 11.6 Å². The molecule has 19 heavy (non-hydrogen) atoms. The molecule has 6 heteroatoms. The van der Waals surface area contributed by atoms with Gasteiger partial charge < -0.3 is 14.8 Å². The van der Waals surface area contributed by atoms with Crippen molar-refractivity contribution in [3.63, 3.8) is 0 Å². The smallest absolute Gasteiger partial charge is 0.224 e. The third kappa shape index (κ3) is 2.88. The van der Waals surface area contributed by atoms with Gasteiger partial charge in [0.25, 0.3) is 0 Å². The van der Waals surface area contributed by atoms with Crippen LogP contribution in [0.15, 0.2) is 36.5 Å². The Kier molecular flexibility index (Phi) is 3.37. The maximum absolute atomic E-state index is 5.75. The number of anilines is 1. The average molecular weight is 278 g/mol. The molecule has 0 saturated carbocycles. The standard InChI is InChI=1S/C13H12ClN3O2/c14-13-15-6-11-12(17-13)16-9(8-19-11)7-18-10-4-2-1-3-5-10/h1-6,9H,7-8H2,(H,15,16,17)/t9-/m1/s1. The number of hydrogen-bond acceptors (Lipinski definition) is 5. The number of para-hydroxylation sites is 1. The number of ether oxygens (including phenoxy) is 2. The minimum atomic E-state index is 0.0265. The summed E-state index contributed by atoms with van der Waals surface area (Å²) >= 11 is 5.75. The van der Waals surface area contributed by atoms with Gasteiger partial charge in [-0.1, -0.05) is 18.2 Å². The molecule has 1 N–H and O–H groups in total. The predicted octanol–water partition coefficient (Wildman–Crippen LogP) is 2.38. The van der Waals surface area contributed by atoms with Crippen LogP contribution in [0, 0.1) is 0 Å². The molecule has 0 saturated heterocycles. The molecule has 98 valence electrons. The van der Waals surface area contributed by atoms with Gasteiger partial charge in [0, 0.05) is 0 Å². The van der Waals surface area contributed by atoms with Gasteiger partial charge in [-0.3, -0.25) is 0 Å². The number of halogens is 1. The summed E-state index contributed by atoms with van der Waals surface area (Å²) in [6, 6.07) is 9.67. The average Bonchev–Trinajstić information content (AvgIpc) is 2.46. The molecule has 1 aromatic heterocycles. The van der Waals surface area contributed by atoms with E-state index in [0.717, 1.165) is 5.75 Å². The molecule has 2 aromatic rings. The van der Waals surface area contributed by atoms with E-state index in [0.29, 0.717) is 24.8 Å². The molecule has 5 nitrogen and oxygen atoms in total. The van der Waals surface area contributed by atoms with Gasteiger partial charge in [-0.15, -0.1) is 0 Å². The summed E-state index contributed by atoms with van der Waals surface area (Å²) in [5, 5.41) is 3.42. The highest BCUT2D eigenvalue weighted by molar-refractivity contribution is 6.28. The molecule has 0 amide bonds. The van der Waals surface area contributed by atoms with Crippen molar-refractivity contribution in [1.82, 2.24) is 9.97 Å². The van der Waals surface area contributed by atoms with Gasteiger partial charge in [0.1, 0.15) is 19.0 Å². The number of fused-ring (bicyclic) bond motifs is 1. The van der Waals surface area contributed by atoms with Crippen molar-refractivity contribution >= 4 is 17.4 Å². The molecule has 0 unspecified atom stereocenters. The zero-order chi connectivity index (χ0) is 13.1. The van der Waals surface area contributed by atoms with E-state index in [1.807, 2.05) is 30.3 Å². The normalized spacial score (nSPS) is 17.0. The second-order valence-corrected chi connectivity index (χ2v) is 4.47. The summed E-state index contributed by atoms with van der Waals surface area (Å²) < 4.78 is 11.2. The van der Waals surface area contributed by atoms with Crippen LogP contribution in [0.4, 0.5) is 5.82 Å². The lowest BCUT2D eigenvalue weighted by atomic mass is 10.3. The van der Waals surface area contributed by atoms with Crippen LogP contribution in [-0.2, 0) is 0 Å². The van der Waals surface area contributed by atoms with Gasteiger partial charge in [0.2, 0.25) is 5.28 Å². The van der Waals surface area contributed by atoms with Gasteiger partial charge in [0.05, 0.1) is 12.2 Å². The first kappa shape index (κ1) is 12.0. The Balaban J connectivity index is 1.62. The first-order valence-corrected chi connectivity index (χ1v) is 6.29. The minimum absolute atomic E-state index is 0.0265. The SMILES string of the molecule is Clc1ncc2c(n1)N[C@H](COc1ccccc1)CO2. The summed E-state index contributed by atoms with van der Waals surface area (Å²) in [4.78, 5) is 7.95. The number of nitrogens with one attached hydrogen (secondary N) is 1. The molecule has 0 aliphatic carbocycles. The van der Waals surface area contributed by atoms with Crippen molar-refractivity contribution in [3.05, 3.63) is 41.8 Å². The maximum atomic E-state index is 5.75. The lowest BCUT2D eigenvalue weighted by Gasteiger charge is -2.26. The van der Waals surface area contributed by atoms with Crippen LogP contribution in [-0.4, -0.2) is 29.2 Å². The van der Waals surface area contributed by atoms with Crippen molar-refractivity contribution in [2.24, 2.45) is 0 Å². The van der Waals surface area contributed by atoms with Crippen molar-refractivity contribution < 1.29 is 9.47 Å². The third-order valence-electron chi connectivity index (χ3n) is 2.70. The van der Waals surface area contributed by atoms with Crippen LogP contribution in [0.1, 0.15) is 0 Å². The summed E-state index contributed by atoms with van der Waals surface area (Å²) in [5.74, 6) is 2.05. The molecule has 0 spiro atoms. The molecule has 1 aliphatic heterocycles. The number of benzene rings is 1. The second kappa shape index (κ2) is 5.32. The molecule has 1 atom stereocenters. The molecule has 3 rings (SSSR count). The van der Waals surface area contributed by atoms with Crippen LogP contribution in [0.2, 0.25) is 5.28 Å². The van der Waals surface area contributed by atoms with E-state index in [2.05, 4.69) is 15.3 Å². The van der Waals surface area contributed by atoms with E-state index in [4.69, 9.17) is 21.1 Å². The van der Waals surface area contributed by atoms with Crippen LogP contribution < -0.4 is 14.8 Å². The Labute approximate surface area is 115 Å². The molecule has 1 aromatic carbocycles. The second-order valence-electron chi connectivity index (χ2n) is 4.13. The molecule has 1 aliphatic rings. The lowest BCUT2D eigenvalue weighted by Crippen LogP contribution is -2.37. The Bertz CT molecular complexity index is 565. The summed E-state index contributed by atoms with van der Waals surface area (Å²) in [5.41, 5.74) is 0. The molecular formula is C13H12ClN3O2. The Morgan fingerprint density at radius 2 is 2.21 bits per heavy atom. The number of aromatic nitrogens is 2. The van der Waals surface area contributed by atoms with Crippen molar-refractivity contribution in [2.75, 3.05) is 18.5 Å². The quantitative estimate of drug-likeness (QED) is 0.873.